The molecule has 0 atom stereocenters. The molecule has 0 spiro atoms. The quantitative estimate of drug-likeness (QED) is 0.771. The van der Waals surface area contributed by atoms with E-state index >= 15 is 0 Å². The highest BCUT2D eigenvalue weighted by Gasteiger charge is 2.12. The summed E-state index contributed by atoms with van der Waals surface area (Å²) in [6.45, 7) is 9.43. The van der Waals surface area contributed by atoms with E-state index in [0.29, 0.717) is 19.7 Å². The topological polar surface area (TPSA) is 50.4 Å². The first-order valence-electron chi connectivity index (χ1n) is 6.58. The summed E-state index contributed by atoms with van der Waals surface area (Å²) in [5, 5.41) is 5.95. The lowest BCUT2D eigenvalue weighted by atomic mass is 10.1. The first-order chi connectivity index (χ1) is 8.87. The van der Waals surface area contributed by atoms with Gasteiger partial charge in [-0.15, -0.1) is 0 Å². The second-order valence-corrected chi connectivity index (χ2v) is 5.64. The number of carbonyl (C=O) groups excluding carboxylic acids is 1. The Morgan fingerprint density at radius 2 is 2.05 bits per heavy atom. The first kappa shape index (κ1) is 15.5. The van der Waals surface area contributed by atoms with E-state index in [1.54, 1.807) is 0 Å². The normalized spacial score (nSPS) is 11.2. The van der Waals surface area contributed by atoms with Gasteiger partial charge in [0, 0.05) is 12.1 Å². The fraction of sp³-hybridized carbons (Fsp3) is 0.533. The minimum atomic E-state index is -0.184. The maximum absolute atomic E-state index is 11.5. The van der Waals surface area contributed by atoms with Crippen LogP contribution in [0.15, 0.2) is 24.3 Å². The lowest BCUT2D eigenvalue weighted by molar-refractivity contribution is -0.121. The Hall–Kier alpha value is -1.55. The maximum atomic E-state index is 11.5. The predicted molar refractivity (Wildman–Crippen MR) is 77.4 cm³/mol. The molecule has 1 amide bonds. The van der Waals surface area contributed by atoms with Gasteiger partial charge in [-0.2, -0.15) is 0 Å². The van der Waals surface area contributed by atoms with E-state index in [0.717, 1.165) is 5.75 Å². The molecule has 0 bridgehead atoms. The van der Waals surface area contributed by atoms with E-state index in [1.165, 1.54) is 5.56 Å². The van der Waals surface area contributed by atoms with Gasteiger partial charge in [0.2, 0.25) is 5.91 Å². The molecule has 2 N–H and O–H groups in total. The summed E-state index contributed by atoms with van der Waals surface area (Å²) in [6, 6.07) is 7.92. The van der Waals surface area contributed by atoms with Crippen molar-refractivity contribution < 1.29 is 9.53 Å². The van der Waals surface area contributed by atoms with Crippen LogP contribution in [0.2, 0.25) is 0 Å². The van der Waals surface area contributed by atoms with E-state index in [2.05, 4.69) is 10.6 Å². The molecule has 4 nitrogen and oxygen atoms in total. The van der Waals surface area contributed by atoms with Gasteiger partial charge in [-0.05, 0) is 45.4 Å². The zero-order valence-corrected chi connectivity index (χ0v) is 12.2. The molecule has 0 radical (unpaired) electrons. The second-order valence-electron chi connectivity index (χ2n) is 5.64. The zero-order valence-electron chi connectivity index (χ0n) is 12.2. The summed E-state index contributed by atoms with van der Waals surface area (Å²) in [5.41, 5.74) is 0.992. The van der Waals surface area contributed by atoms with Crippen LogP contribution in [0, 0.1) is 6.92 Å². The van der Waals surface area contributed by atoms with Crippen LogP contribution >= 0.6 is 0 Å². The number of hydrogen-bond donors (Lipinski definition) is 2. The fourth-order valence-corrected chi connectivity index (χ4v) is 1.61. The average Bonchev–Trinajstić information content (AvgIpc) is 2.26. The van der Waals surface area contributed by atoms with Crippen molar-refractivity contribution in [3.63, 3.8) is 0 Å². The molecule has 1 rings (SSSR count). The lowest BCUT2D eigenvalue weighted by Crippen LogP contribution is -2.45. The highest BCUT2D eigenvalue weighted by molar-refractivity contribution is 5.78. The molecule has 19 heavy (non-hydrogen) atoms. The van der Waals surface area contributed by atoms with Crippen LogP contribution in [0.4, 0.5) is 0 Å². The highest BCUT2D eigenvalue weighted by Crippen LogP contribution is 2.11. The minimum absolute atomic E-state index is 0.00283. The summed E-state index contributed by atoms with van der Waals surface area (Å²) in [6.07, 6.45) is 0. The second kappa shape index (κ2) is 7.14. The summed E-state index contributed by atoms with van der Waals surface area (Å²) in [5.74, 6) is 0.865. The van der Waals surface area contributed by atoms with E-state index in [1.807, 2.05) is 52.0 Å². The van der Waals surface area contributed by atoms with Crippen LogP contribution in [0.25, 0.3) is 0 Å². The third-order valence-corrected chi connectivity index (χ3v) is 2.34. The Morgan fingerprint density at radius 3 is 2.68 bits per heavy atom. The first-order valence-corrected chi connectivity index (χ1v) is 6.58. The van der Waals surface area contributed by atoms with Crippen molar-refractivity contribution in [1.29, 1.82) is 0 Å². The van der Waals surface area contributed by atoms with Crippen LogP contribution in [0.5, 0.6) is 5.75 Å². The molecule has 106 valence electrons. The van der Waals surface area contributed by atoms with Gasteiger partial charge in [0.1, 0.15) is 12.4 Å². The molecule has 0 heterocycles. The van der Waals surface area contributed by atoms with E-state index in [4.69, 9.17) is 4.74 Å². The van der Waals surface area contributed by atoms with E-state index < -0.39 is 0 Å². The smallest absolute Gasteiger partial charge is 0.234 e. The summed E-state index contributed by atoms with van der Waals surface area (Å²) >= 11 is 0. The van der Waals surface area contributed by atoms with Crippen LogP contribution in [-0.4, -0.2) is 31.1 Å². The van der Waals surface area contributed by atoms with Gasteiger partial charge in [-0.1, -0.05) is 12.1 Å². The van der Waals surface area contributed by atoms with E-state index in [-0.39, 0.29) is 11.4 Å². The lowest BCUT2D eigenvalue weighted by Gasteiger charge is -2.20. The van der Waals surface area contributed by atoms with Crippen LogP contribution in [0.3, 0.4) is 0 Å². The van der Waals surface area contributed by atoms with Gasteiger partial charge >= 0.3 is 0 Å². The third kappa shape index (κ3) is 7.47. The molecule has 0 unspecified atom stereocenters. The Balaban J connectivity index is 2.13. The molecule has 4 heteroatoms. The number of carbonyl (C=O) groups is 1. The zero-order chi connectivity index (χ0) is 14.3. The van der Waals surface area contributed by atoms with Crippen molar-refractivity contribution in [2.75, 3.05) is 19.7 Å². The molecular weight excluding hydrogens is 240 g/mol. The van der Waals surface area contributed by atoms with Gasteiger partial charge < -0.3 is 15.4 Å². The minimum Gasteiger partial charge on any atom is -0.492 e. The van der Waals surface area contributed by atoms with Crippen LogP contribution in [0.1, 0.15) is 26.3 Å². The van der Waals surface area contributed by atoms with Gasteiger partial charge in [0.15, 0.2) is 0 Å². The molecule has 1 aromatic rings. The SMILES string of the molecule is Cc1cccc(OCCNCC(=O)NC(C)(C)C)c1. The summed E-state index contributed by atoms with van der Waals surface area (Å²) in [7, 11) is 0. The number of nitrogens with one attached hydrogen (secondary N) is 2. The van der Waals surface area contributed by atoms with Gasteiger partial charge in [-0.3, -0.25) is 4.79 Å². The standard InChI is InChI=1S/C15H24N2O2/c1-12-6-5-7-13(10-12)19-9-8-16-11-14(18)17-15(2,3)4/h5-7,10,16H,8-9,11H2,1-4H3,(H,17,18). The molecule has 0 saturated carbocycles. The number of rotatable bonds is 6. The van der Waals surface area contributed by atoms with Crippen molar-refractivity contribution in [2.45, 2.75) is 33.2 Å². The van der Waals surface area contributed by atoms with Crippen molar-refractivity contribution in [2.24, 2.45) is 0 Å². The molecule has 0 saturated heterocycles. The predicted octanol–water partition coefficient (Wildman–Crippen LogP) is 1.88. The van der Waals surface area contributed by atoms with Crippen molar-refractivity contribution in [3.05, 3.63) is 29.8 Å². The molecule has 0 aliphatic carbocycles. The molecule has 0 fully saturated rings. The van der Waals surface area contributed by atoms with E-state index in [9.17, 15) is 4.79 Å². The highest BCUT2D eigenvalue weighted by atomic mass is 16.5. The number of aryl methyl sites for hydroxylation is 1. The van der Waals surface area contributed by atoms with Crippen molar-refractivity contribution >= 4 is 5.91 Å². The Bertz CT molecular complexity index is 411. The molecule has 0 aliphatic heterocycles. The average molecular weight is 264 g/mol. The Labute approximate surface area is 115 Å². The van der Waals surface area contributed by atoms with Gasteiger partial charge in [-0.25, -0.2) is 0 Å². The fourth-order valence-electron chi connectivity index (χ4n) is 1.61. The number of amides is 1. The molecule has 1 aromatic carbocycles. The third-order valence-electron chi connectivity index (χ3n) is 2.34. The van der Waals surface area contributed by atoms with Crippen LogP contribution < -0.4 is 15.4 Å². The molecule has 0 aliphatic rings. The number of hydrogen-bond acceptors (Lipinski definition) is 3. The summed E-state index contributed by atoms with van der Waals surface area (Å²) < 4.78 is 5.58. The van der Waals surface area contributed by atoms with Gasteiger partial charge in [0.05, 0.1) is 6.54 Å². The van der Waals surface area contributed by atoms with Crippen LogP contribution in [-0.2, 0) is 4.79 Å². The number of ether oxygens (including phenoxy) is 1. The maximum Gasteiger partial charge on any atom is 0.234 e. The van der Waals surface area contributed by atoms with Crippen molar-refractivity contribution in [3.8, 4) is 5.75 Å². The summed E-state index contributed by atoms with van der Waals surface area (Å²) in [4.78, 5) is 11.5. The number of benzene rings is 1. The Morgan fingerprint density at radius 1 is 1.32 bits per heavy atom. The largest absolute Gasteiger partial charge is 0.492 e. The molecule has 0 aromatic heterocycles. The van der Waals surface area contributed by atoms with Crippen molar-refractivity contribution in [1.82, 2.24) is 10.6 Å². The molecular formula is C15H24N2O2. The Kier molecular flexibility index (Phi) is 5.83. The monoisotopic (exact) mass is 264 g/mol. The van der Waals surface area contributed by atoms with Gasteiger partial charge in [0.25, 0.3) is 0 Å².